The zero-order valence-electron chi connectivity index (χ0n) is 10.9. The molecule has 0 radical (unpaired) electrons. The molecule has 1 saturated heterocycles. The van der Waals surface area contributed by atoms with Gasteiger partial charge in [-0.1, -0.05) is 20.8 Å². The van der Waals surface area contributed by atoms with Gasteiger partial charge in [0.05, 0.1) is 11.7 Å². The first kappa shape index (κ1) is 11.9. The first-order valence-corrected chi connectivity index (χ1v) is 6.58. The van der Waals surface area contributed by atoms with Gasteiger partial charge in [-0.25, -0.2) is 0 Å². The van der Waals surface area contributed by atoms with Crippen LogP contribution in [0.25, 0.3) is 0 Å². The van der Waals surface area contributed by atoms with Crippen LogP contribution in [0.3, 0.4) is 0 Å². The van der Waals surface area contributed by atoms with E-state index < -0.39 is 0 Å². The molecule has 2 fully saturated rings. The van der Waals surface area contributed by atoms with E-state index in [2.05, 4.69) is 31.0 Å². The lowest BCUT2D eigenvalue weighted by Gasteiger charge is -2.25. The largest absolute Gasteiger partial charge is 0.323 e. The average molecular weight is 224 g/mol. The molecule has 1 heterocycles. The normalized spacial score (nSPS) is 35.2. The molecule has 0 spiro atoms. The number of hydrogen-bond donors (Lipinski definition) is 1. The fourth-order valence-electron chi connectivity index (χ4n) is 2.57. The van der Waals surface area contributed by atoms with Crippen molar-refractivity contribution in [3.63, 3.8) is 0 Å². The molecule has 1 saturated carbocycles. The molecular formula is C13H24N2O. The Morgan fingerprint density at radius 1 is 1.50 bits per heavy atom. The number of rotatable bonds is 4. The highest BCUT2D eigenvalue weighted by Crippen LogP contribution is 2.36. The Balaban J connectivity index is 2.14. The Bertz CT molecular complexity index is 286. The second kappa shape index (κ2) is 4.02. The predicted octanol–water partition coefficient (Wildman–Crippen LogP) is 2.12. The van der Waals surface area contributed by atoms with Crippen LogP contribution in [0, 0.1) is 5.92 Å². The molecule has 1 aliphatic heterocycles. The van der Waals surface area contributed by atoms with Gasteiger partial charge in [-0.2, -0.15) is 0 Å². The fourth-order valence-corrected chi connectivity index (χ4v) is 2.57. The van der Waals surface area contributed by atoms with Gasteiger partial charge in [0.25, 0.3) is 0 Å². The van der Waals surface area contributed by atoms with Crippen molar-refractivity contribution in [1.82, 2.24) is 10.2 Å². The van der Waals surface area contributed by atoms with Gasteiger partial charge < -0.3 is 4.90 Å². The minimum Gasteiger partial charge on any atom is -0.323 e. The van der Waals surface area contributed by atoms with E-state index in [0.29, 0.717) is 17.9 Å². The van der Waals surface area contributed by atoms with Crippen LogP contribution in [-0.2, 0) is 4.79 Å². The minimum absolute atomic E-state index is 0.268. The summed E-state index contributed by atoms with van der Waals surface area (Å²) in [7, 11) is 0. The van der Waals surface area contributed by atoms with E-state index in [0.717, 1.165) is 12.8 Å². The lowest BCUT2D eigenvalue weighted by atomic mass is 9.99. The average Bonchev–Trinajstić information content (AvgIpc) is 2.97. The number of nitrogens with zero attached hydrogens (tertiary/aromatic N) is 1. The predicted molar refractivity (Wildman–Crippen MR) is 64.9 cm³/mol. The quantitative estimate of drug-likeness (QED) is 0.793. The van der Waals surface area contributed by atoms with Crippen LogP contribution in [0.4, 0.5) is 0 Å². The highest BCUT2D eigenvalue weighted by molar-refractivity contribution is 5.88. The zero-order valence-corrected chi connectivity index (χ0v) is 10.9. The molecule has 0 aromatic carbocycles. The topological polar surface area (TPSA) is 32.3 Å². The van der Waals surface area contributed by atoms with Gasteiger partial charge >= 0.3 is 0 Å². The molecule has 2 unspecified atom stereocenters. The van der Waals surface area contributed by atoms with Gasteiger partial charge in [0.2, 0.25) is 5.91 Å². The second-order valence-electron chi connectivity index (χ2n) is 5.92. The second-order valence-corrected chi connectivity index (χ2v) is 5.92. The summed E-state index contributed by atoms with van der Waals surface area (Å²) in [4.78, 5) is 14.5. The molecule has 16 heavy (non-hydrogen) atoms. The van der Waals surface area contributed by atoms with Crippen molar-refractivity contribution in [3.8, 4) is 0 Å². The SMILES string of the molecule is CCC1(C)NC(CC(C)C)N(C2CC2)C1=O. The van der Waals surface area contributed by atoms with Gasteiger partial charge in [0.1, 0.15) is 0 Å². The monoisotopic (exact) mass is 224 g/mol. The molecule has 1 amide bonds. The molecule has 2 atom stereocenters. The van der Waals surface area contributed by atoms with E-state index in [1.54, 1.807) is 0 Å². The first-order chi connectivity index (χ1) is 7.48. The van der Waals surface area contributed by atoms with Crippen molar-refractivity contribution in [2.24, 2.45) is 5.92 Å². The maximum atomic E-state index is 12.4. The standard InChI is InChI=1S/C13H24N2O/c1-5-13(4)12(16)15(10-6-7-10)11(14-13)8-9(2)3/h9-11,14H,5-8H2,1-4H3. The number of amides is 1. The van der Waals surface area contributed by atoms with Crippen molar-refractivity contribution in [2.75, 3.05) is 0 Å². The lowest BCUT2D eigenvalue weighted by Crippen LogP contribution is -2.44. The lowest BCUT2D eigenvalue weighted by molar-refractivity contribution is -0.133. The summed E-state index contributed by atoms with van der Waals surface area (Å²) in [5, 5.41) is 3.55. The number of carbonyl (C=O) groups excluding carboxylic acids is 1. The van der Waals surface area contributed by atoms with Crippen LogP contribution < -0.4 is 5.32 Å². The summed E-state index contributed by atoms with van der Waals surface area (Å²) in [5.74, 6) is 0.953. The third-order valence-corrected chi connectivity index (χ3v) is 3.87. The van der Waals surface area contributed by atoms with Crippen molar-refractivity contribution in [3.05, 3.63) is 0 Å². The summed E-state index contributed by atoms with van der Waals surface area (Å²) >= 11 is 0. The van der Waals surface area contributed by atoms with Crippen molar-refractivity contribution in [1.29, 1.82) is 0 Å². The van der Waals surface area contributed by atoms with E-state index in [9.17, 15) is 4.79 Å². The molecule has 1 aliphatic carbocycles. The molecule has 92 valence electrons. The van der Waals surface area contributed by atoms with Gasteiger partial charge in [-0.15, -0.1) is 0 Å². The molecule has 0 bridgehead atoms. The van der Waals surface area contributed by atoms with E-state index in [1.165, 1.54) is 12.8 Å². The van der Waals surface area contributed by atoms with E-state index in [4.69, 9.17) is 0 Å². The molecule has 3 heteroatoms. The summed E-state index contributed by atoms with van der Waals surface area (Å²) in [5.41, 5.74) is -0.317. The van der Waals surface area contributed by atoms with Gasteiger partial charge in [-0.3, -0.25) is 10.1 Å². The highest BCUT2D eigenvalue weighted by atomic mass is 16.2. The van der Waals surface area contributed by atoms with Crippen molar-refractivity contribution < 1.29 is 4.79 Å². The molecule has 3 nitrogen and oxygen atoms in total. The minimum atomic E-state index is -0.317. The Morgan fingerprint density at radius 2 is 2.12 bits per heavy atom. The zero-order chi connectivity index (χ0) is 11.9. The van der Waals surface area contributed by atoms with Crippen LogP contribution in [0.2, 0.25) is 0 Å². The molecule has 2 rings (SSSR count). The molecule has 2 aliphatic rings. The summed E-state index contributed by atoms with van der Waals surface area (Å²) in [6.45, 7) is 8.58. The summed E-state index contributed by atoms with van der Waals surface area (Å²) in [6.07, 6.45) is 4.61. The Labute approximate surface area is 98.6 Å². The number of carbonyl (C=O) groups is 1. The number of hydrogen-bond acceptors (Lipinski definition) is 2. The van der Waals surface area contributed by atoms with E-state index in [-0.39, 0.29) is 11.7 Å². The van der Waals surface area contributed by atoms with Crippen molar-refractivity contribution >= 4 is 5.91 Å². The smallest absolute Gasteiger partial charge is 0.244 e. The molecular weight excluding hydrogens is 200 g/mol. The molecule has 0 aromatic heterocycles. The first-order valence-electron chi connectivity index (χ1n) is 6.58. The van der Waals surface area contributed by atoms with E-state index >= 15 is 0 Å². The fraction of sp³-hybridized carbons (Fsp3) is 0.923. The van der Waals surface area contributed by atoms with Crippen LogP contribution >= 0.6 is 0 Å². The van der Waals surface area contributed by atoms with Crippen LogP contribution in [-0.4, -0.2) is 28.6 Å². The maximum Gasteiger partial charge on any atom is 0.244 e. The van der Waals surface area contributed by atoms with Crippen LogP contribution in [0.1, 0.15) is 53.4 Å². The third kappa shape index (κ3) is 1.97. The Kier molecular flexibility index (Phi) is 2.99. The Hall–Kier alpha value is -0.570. The highest BCUT2D eigenvalue weighted by Gasteiger charge is 2.51. The maximum absolute atomic E-state index is 12.4. The van der Waals surface area contributed by atoms with Gasteiger partial charge in [0.15, 0.2) is 0 Å². The number of nitrogens with one attached hydrogen (secondary N) is 1. The molecule has 1 N–H and O–H groups in total. The Morgan fingerprint density at radius 3 is 2.56 bits per heavy atom. The summed E-state index contributed by atoms with van der Waals surface area (Å²) in [6, 6.07) is 0.525. The van der Waals surface area contributed by atoms with Crippen LogP contribution in [0.15, 0.2) is 0 Å². The van der Waals surface area contributed by atoms with Crippen LogP contribution in [0.5, 0.6) is 0 Å². The third-order valence-electron chi connectivity index (χ3n) is 3.87. The van der Waals surface area contributed by atoms with E-state index in [1.807, 2.05) is 6.92 Å². The van der Waals surface area contributed by atoms with Crippen molar-refractivity contribution in [2.45, 2.75) is 71.1 Å². The summed E-state index contributed by atoms with van der Waals surface area (Å²) < 4.78 is 0. The molecule has 0 aromatic rings. The van der Waals surface area contributed by atoms with Gasteiger partial charge in [-0.05, 0) is 38.5 Å². The van der Waals surface area contributed by atoms with Gasteiger partial charge in [0, 0.05) is 6.04 Å².